The van der Waals surface area contributed by atoms with Crippen LogP contribution in [0.2, 0.25) is 0 Å². The molecule has 1 atom stereocenters. The van der Waals surface area contributed by atoms with Gasteiger partial charge in [-0.15, -0.1) is 0 Å². The van der Waals surface area contributed by atoms with Gasteiger partial charge in [0.05, 0.1) is 17.1 Å². The first-order chi connectivity index (χ1) is 25.3. The fourth-order valence-electron chi connectivity index (χ4n) is 5.66. The lowest BCUT2D eigenvalue weighted by atomic mass is 9.94. The Morgan fingerprint density at radius 3 is 2.40 bits per heavy atom. The Bertz CT molecular complexity index is 2180. The number of ether oxygens (including phenoxy) is 1. The molecule has 1 aromatic heterocycles. The number of nitrogens with zero attached hydrogens (tertiary/aromatic N) is 4. The summed E-state index contributed by atoms with van der Waals surface area (Å²) in [5.74, 6) is -3.48. The third-order valence-electron chi connectivity index (χ3n) is 8.75. The maximum atomic E-state index is 15.2. The molecule has 1 heterocycles. The molecule has 0 amide bonds. The minimum atomic E-state index is -1.26. The lowest BCUT2D eigenvalue weighted by molar-refractivity contribution is 0.301. The third kappa shape index (κ3) is 9.91. The first-order valence-corrected chi connectivity index (χ1v) is 17.9. The quantitative estimate of drug-likeness (QED) is 0.167. The van der Waals surface area contributed by atoms with E-state index in [0.717, 1.165) is 68.5 Å². The smallest absolute Gasteiger partial charge is 0.359 e. The number of hydrogen-bond donors (Lipinski definition) is 1. The van der Waals surface area contributed by atoms with E-state index in [1.807, 2.05) is 65.8 Å². The van der Waals surface area contributed by atoms with Gasteiger partial charge in [-0.3, -0.25) is 4.99 Å². The van der Waals surface area contributed by atoms with Crippen molar-refractivity contribution in [2.75, 3.05) is 5.32 Å². The predicted molar refractivity (Wildman–Crippen MR) is 208 cm³/mol. The van der Waals surface area contributed by atoms with Crippen molar-refractivity contribution in [3.05, 3.63) is 145 Å². The van der Waals surface area contributed by atoms with Crippen molar-refractivity contribution in [2.24, 2.45) is 4.99 Å². The summed E-state index contributed by atoms with van der Waals surface area (Å²) in [4.78, 5) is 37.8. The van der Waals surface area contributed by atoms with Crippen molar-refractivity contribution in [1.82, 2.24) is 14.1 Å². The van der Waals surface area contributed by atoms with E-state index in [-0.39, 0.29) is 35.7 Å². The zero-order chi connectivity index (χ0) is 38.8. The molecule has 0 fully saturated rings. The van der Waals surface area contributed by atoms with Gasteiger partial charge in [0, 0.05) is 23.9 Å². The number of benzene rings is 2. The Hall–Kier alpha value is -5.45. The van der Waals surface area contributed by atoms with Gasteiger partial charge >= 0.3 is 11.4 Å². The maximum Gasteiger partial charge on any atom is 0.359 e. The summed E-state index contributed by atoms with van der Waals surface area (Å²) in [5, 5.41) is 3.19. The van der Waals surface area contributed by atoms with E-state index in [9.17, 15) is 18.4 Å². The van der Waals surface area contributed by atoms with E-state index >= 15 is 4.39 Å². The number of rotatable bonds is 14. The average molecular weight is 728 g/mol. The number of aromatic nitrogens is 3. The van der Waals surface area contributed by atoms with Crippen molar-refractivity contribution in [3.8, 4) is 11.4 Å². The summed E-state index contributed by atoms with van der Waals surface area (Å²) < 4.78 is 51.9. The molecule has 0 spiro atoms. The van der Waals surface area contributed by atoms with Crippen LogP contribution in [-0.4, -0.2) is 25.9 Å². The van der Waals surface area contributed by atoms with Gasteiger partial charge < -0.3 is 10.1 Å². The molecule has 280 valence electrons. The highest BCUT2D eigenvalue weighted by atomic mass is 19.2. The molecule has 2 aromatic carbocycles. The standard InChI is InChI=1S/C42H48F3N5O3/c1-9-15-31-22-36(46-28(8)11-3)30(12-4)21-37(31)47-40-48-41(51)49(33(13-5)19-27(7)18-26(6)10-2)42(52)50(40)38-23-34(44)35(45)24-39(38)53-25-29-16-14-17-32(43)20-29/h12-14,16-24,28H,9-11,15,25H2,1-8H3,(H,47,48,51)/b26-18+,27-19-,30-12-,33-13+,46-36-. The van der Waals surface area contributed by atoms with Crippen molar-refractivity contribution in [3.63, 3.8) is 0 Å². The zero-order valence-corrected chi connectivity index (χ0v) is 31.7. The van der Waals surface area contributed by atoms with Crippen LogP contribution in [0.1, 0.15) is 86.6 Å². The Kier molecular flexibility index (Phi) is 14.0. The van der Waals surface area contributed by atoms with Crippen LogP contribution in [0.4, 0.5) is 19.1 Å². The van der Waals surface area contributed by atoms with Crippen LogP contribution in [0.15, 0.2) is 115 Å². The van der Waals surface area contributed by atoms with Crippen LogP contribution >= 0.6 is 0 Å². The molecule has 11 heteroatoms. The van der Waals surface area contributed by atoms with E-state index in [1.54, 1.807) is 25.1 Å². The van der Waals surface area contributed by atoms with Crippen LogP contribution in [0.25, 0.3) is 11.4 Å². The predicted octanol–water partition coefficient (Wildman–Crippen LogP) is 9.78. The Labute approximate surface area is 309 Å². The highest BCUT2D eigenvalue weighted by molar-refractivity contribution is 6.12. The minimum absolute atomic E-state index is 0.0838. The molecular formula is C42H48F3N5O3. The zero-order valence-electron chi connectivity index (χ0n) is 31.7. The summed E-state index contributed by atoms with van der Waals surface area (Å²) in [6.45, 7) is 15.3. The number of anilines is 1. The number of aliphatic imine (C=N–C) groups is 1. The SMILES string of the molecule is C/C=C1/C=C(Nc2nc(=O)n(C(/C=C(C)\C=C(/C)CC)=C/C)c(=O)n2-c2cc(F)c(F)cc2OCc2cccc(F)c2)C(CCC)=C/C1=N/C(C)CC. The fourth-order valence-corrected chi connectivity index (χ4v) is 5.66. The number of hydrogen-bond acceptors (Lipinski definition) is 6. The van der Waals surface area contributed by atoms with Crippen LogP contribution in [0.5, 0.6) is 5.75 Å². The molecule has 8 nitrogen and oxygen atoms in total. The molecule has 0 saturated carbocycles. The highest BCUT2D eigenvalue weighted by Gasteiger charge is 2.24. The van der Waals surface area contributed by atoms with E-state index in [4.69, 9.17) is 9.73 Å². The molecule has 0 saturated heterocycles. The van der Waals surface area contributed by atoms with Crippen molar-refractivity contribution in [2.45, 2.75) is 93.7 Å². The van der Waals surface area contributed by atoms with Gasteiger partial charge in [-0.25, -0.2) is 31.9 Å². The largest absolute Gasteiger partial charge is 0.487 e. The summed E-state index contributed by atoms with van der Waals surface area (Å²) in [5.41, 5.74) is 3.49. The average Bonchev–Trinajstić information content (AvgIpc) is 3.12. The van der Waals surface area contributed by atoms with Crippen LogP contribution in [-0.2, 0) is 6.61 Å². The summed E-state index contributed by atoms with van der Waals surface area (Å²) in [6, 6.07) is 7.33. The van der Waals surface area contributed by atoms with Gasteiger partial charge in [-0.05, 0) is 107 Å². The molecule has 4 rings (SSSR count). The Morgan fingerprint density at radius 1 is 1.02 bits per heavy atom. The summed E-state index contributed by atoms with van der Waals surface area (Å²) >= 11 is 0. The number of allylic oxidation sites excluding steroid dienone is 11. The Balaban J connectivity index is 2.01. The second-order valence-electron chi connectivity index (χ2n) is 12.9. The molecule has 1 aliphatic rings. The molecule has 1 N–H and O–H groups in total. The van der Waals surface area contributed by atoms with Crippen LogP contribution in [0, 0.1) is 17.5 Å². The monoisotopic (exact) mass is 727 g/mol. The van der Waals surface area contributed by atoms with Gasteiger partial charge in [-0.2, -0.15) is 4.98 Å². The van der Waals surface area contributed by atoms with Crippen molar-refractivity contribution < 1.29 is 17.9 Å². The van der Waals surface area contributed by atoms with Gasteiger partial charge in [0.2, 0.25) is 5.95 Å². The summed E-state index contributed by atoms with van der Waals surface area (Å²) in [6.07, 6.45) is 14.0. The van der Waals surface area contributed by atoms with E-state index < -0.39 is 28.8 Å². The highest BCUT2D eigenvalue weighted by Crippen LogP contribution is 2.31. The molecule has 1 aliphatic carbocycles. The lowest BCUT2D eigenvalue weighted by Crippen LogP contribution is -2.41. The number of nitrogens with one attached hydrogen (secondary N) is 1. The molecule has 0 aliphatic heterocycles. The topological polar surface area (TPSA) is 90.5 Å². The van der Waals surface area contributed by atoms with Crippen LogP contribution < -0.4 is 21.4 Å². The van der Waals surface area contributed by atoms with E-state index in [0.29, 0.717) is 17.7 Å². The molecule has 3 aromatic rings. The third-order valence-corrected chi connectivity index (χ3v) is 8.75. The fraction of sp³-hybridized carbons (Fsp3) is 0.333. The van der Waals surface area contributed by atoms with Crippen molar-refractivity contribution >= 4 is 17.4 Å². The van der Waals surface area contributed by atoms with E-state index in [2.05, 4.69) is 17.2 Å². The first kappa shape index (κ1) is 40.3. The van der Waals surface area contributed by atoms with Gasteiger partial charge in [-0.1, -0.05) is 63.1 Å². The lowest BCUT2D eigenvalue weighted by Gasteiger charge is -2.23. The summed E-state index contributed by atoms with van der Waals surface area (Å²) in [7, 11) is 0. The number of halogens is 3. The van der Waals surface area contributed by atoms with E-state index in [1.165, 1.54) is 18.2 Å². The van der Waals surface area contributed by atoms with Gasteiger partial charge in [0.25, 0.3) is 0 Å². The normalized spacial score (nSPS) is 16.2. The first-order valence-electron chi connectivity index (χ1n) is 17.9. The second kappa shape index (κ2) is 18.3. The van der Waals surface area contributed by atoms with Gasteiger partial charge in [0.1, 0.15) is 18.2 Å². The molecule has 1 unspecified atom stereocenters. The van der Waals surface area contributed by atoms with Crippen molar-refractivity contribution in [1.29, 1.82) is 0 Å². The van der Waals surface area contributed by atoms with Gasteiger partial charge in [0.15, 0.2) is 11.6 Å². The molecular weight excluding hydrogens is 679 g/mol. The minimum Gasteiger partial charge on any atom is -0.487 e. The maximum absolute atomic E-state index is 15.2. The van der Waals surface area contributed by atoms with Crippen LogP contribution in [0.3, 0.4) is 0 Å². The second-order valence-corrected chi connectivity index (χ2v) is 12.9. The Morgan fingerprint density at radius 2 is 1.75 bits per heavy atom. The molecule has 53 heavy (non-hydrogen) atoms. The molecule has 0 bridgehead atoms. The molecule has 0 radical (unpaired) electrons.